The molecule has 0 radical (unpaired) electrons. The van der Waals surface area contributed by atoms with Gasteiger partial charge in [0.2, 0.25) is 6.29 Å². The van der Waals surface area contributed by atoms with E-state index in [1.54, 1.807) is 20.8 Å². The number of Topliss-reactive ketones (excluding diaryl/α,β-unsaturated/α-hetero) is 3. The second-order valence-electron chi connectivity index (χ2n) is 16.8. The van der Waals surface area contributed by atoms with Gasteiger partial charge in [-0.05, 0) is 74.9 Å². The summed E-state index contributed by atoms with van der Waals surface area (Å²) in [4.78, 5) is 53.6. The third-order valence-electron chi connectivity index (χ3n) is 13.3. The van der Waals surface area contributed by atoms with Crippen LogP contribution in [-0.4, -0.2) is 109 Å². The summed E-state index contributed by atoms with van der Waals surface area (Å²) >= 11 is 0. The molecule has 0 unspecified atom stereocenters. The second-order valence-corrected chi connectivity index (χ2v) is 16.8. The largest absolute Gasteiger partial charge is 0.460 e. The van der Waals surface area contributed by atoms with E-state index < -0.39 is 100 Å². The van der Waals surface area contributed by atoms with Crippen molar-refractivity contribution in [1.29, 1.82) is 0 Å². The SMILES string of the molecule is CC(=O)OC(C)(C)CCC(=O)[C@](C)(O)[C@H]1[C@H](O)C[C@@]2(C)[C@@H]3CC=C4C(C)=C(O[C@@H]5O[C@H](CO)[C@@H](O)[C@H](O)[C@H]5O)C(=O)C[C@@H]4[C@]3(C)C(=O)C[C@]12C. The highest BCUT2D eigenvalue weighted by Gasteiger charge is 2.74. The van der Waals surface area contributed by atoms with Crippen LogP contribution in [0.25, 0.3) is 0 Å². The van der Waals surface area contributed by atoms with Crippen molar-refractivity contribution in [2.24, 2.45) is 34.0 Å². The van der Waals surface area contributed by atoms with E-state index in [2.05, 4.69) is 0 Å². The average Bonchev–Trinajstić information content (AvgIpc) is 3.22. The van der Waals surface area contributed by atoms with Gasteiger partial charge in [-0.1, -0.05) is 26.8 Å². The molecule has 0 bridgehead atoms. The standard InChI is InChI=1S/C37H54O13/c1-17-19-9-10-24-34(5)14-22(41)31(37(8,47)25(42)11-12-33(3,4)50-18(2)39)35(34,6)15-26(43)36(24,7)20(19)13-21(40)30(17)49-32-29(46)28(45)27(44)23(16-38)48-32/h9,20,22-24,27-29,31-32,38,41,44-47H,10-16H2,1-8H3/t20-,22+,23+,24-,27+,28-,29+,31-,32-,34-,35+,36-,37-/m0/s1. The van der Waals surface area contributed by atoms with Gasteiger partial charge < -0.3 is 44.8 Å². The molecule has 13 nitrogen and oxygen atoms in total. The molecule has 3 fully saturated rings. The van der Waals surface area contributed by atoms with Crippen molar-refractivity contribution < 1.29 is 64.0 Å². The van der Waals surface area contributed by atoms with E-state index in [-0.39, 0.29) is 49.6 Å². The van der Waals surface area contributed by atoms with Crippen molar-refractivity contribution in [2.75, 3.05) is 6.61 Å². The van der Waals surface area contributed by atoms with Crippen LogP contribution in [0.2, 0.25) is 0 Å². The molecule has 0 aromatic heterocycles. The molecule has 2 saturated carbocycles. The minimum atomic E-state index is -1.99. The molecule has 4 aliphatic carbocycles. The molecule has 280 valence electrons. The smallest absolute Gasteiger partial charge is 0.303 e. The molecule has 6 N–H and O–H groups in total. The number of fused-ring (bicyclic) bond motifs is 5. The molecular formula is C37H54O13. The summed E-state index contributed by atoms with van der Waals surface area (Å²) in [5.41, 5.74) is -4.49. The minimum absolute atomic E-state index is 0.0322. The Morgan fingerprint density at radius 3 is 2.26 bits per heavy atom. The predicted octanol–water partition coefficient (Wildman–Crippen LogP) is 1.43. The number of carbonyl (C=O) groups excluding carboxylic acids is 4. The third kappa shape index (κ3) is 5.81. The van der Waals surface area contributed by atoms with Crippen molar-refractivity contribution in [2.45, 2.75) is 142 Å². The number of esters is 1. The van der Waals surface area contributed by atoms with Crippen LogP contribution in [-0.2, 0) is 33.4 Å². The van der Waals surface area contributed by atoms with E-state index in [9.17, 15) is 49.8 Å². The molecule has 0 aromatic rings. The van der Waals surface area contributed by atoms with E-state index in [0.717, 1.165) is 5.57 Å². The lowest BCUT2D eigenvalue weighted by Crippen LogP contribution is -2.64. The lowest BCUT2D eigenvalue weighted by atomic mass is 9.39. The lowest BCUT2D eigenvalue weighted by Gasteiger charge is -2.63. The van der Waals surface area contributed by atoms with Crippen LogP contribution >= 0.6 is 0 Å². The number of hydrogen-bond acceptors (Lipinski definition) is 13. The van der Waals surface area contributed by atoms with Gasteiger partial charge in [0, 0.05) is 43.4 Å². The first-order valence-electron chi connectivity index (χ1n) is 17.6. The Kier molecular flexibility index (Phi) is 9.95. The Hall–Kier alpha value is -2.52. The highest BCUT2D eigenvalue weighted by molar-refractivity contribution is 5.99. The van der Waals surface area contributed by atoms with E-state index in [4.69, 9.17) is 14.2 Å². The van der Waals surface area contributed by atoms with Crippen molar-refractivity contribution in [3.63, 3.8) is 0 Å². The summed E-state index contributed by atoms with van der Waals surface area (Å²) < 4.78 is 16.7. The van der Waals surface area contributed by atoms with Gasteiger partial charge in [0.25, 0.3) is 0 Å². The van der Waals surface area contributed by atoms with Crippen molar-refractivity contribution >= 4 is 23.3 Å². The molecule has 0 amide bonds. The van der Waals surface area contributed by atoms with Crippen LogP contribution in [0.5, 0.6) is 0 Å². The van der Waals surface area contributed by atoms with Crippen LogP contribution in [0.3, 0.4) is 0 Å². The number of allylic oxidation sites excluding steroid dienone is 4. The van der Waals surface area contributed by atoms with Crippen LogP contribution in [0.1, 0.15) is 93.9 Å². The maximum atomic E-state index is 14.6. The molecule has 13 heteroatoms. The van der Waals surface area contributed by atoms with Gasteiger partial charge in [-0.25, -0.2) is 0 Å². The Morgan fingerprint density at radius 1 is 1.02 bits per heavy atom. The van der Waals surface area contributed by atoms with Gasteiger partial charge in [-0.3, -0.25) is 19.2 Å². The van der Waals surface area contributed by atoms with Gasteiger partial charge in [-0.2, -0.15) is 0 Å². The molecule has 13 atom stereocenters. The number of ketones is 3. The quantitative estimate of drug-likeness (QED) is 0.187. The Labute approximate surface area is 292 Å². The maximum Gasteiger partial charge on any atom is 0.303 e. The average molecular weight is 707 g/mol. The Balaban J connectivity index is 1.45. The Bertz CT molecular complexity index is 1490. The lowest BCUT2D eigenvalue weighted by molar-refractivity contribution is -0.291. The summed E-state index contributed by atoms with van der Waals surface area (Å²) in [5.74, 6) is -3.51. The number of hydrogen-bond donors (Lipinski definition) is 6. The zero-order valence-corrected chi connectivity index (χ0v) is 30.3. The zero-order chi connectivity index (χ0) is 37.5. The van der Waals surface area contributed by atoms with Crippen molar-refractivity contribution in [1.82, 2.24) is 0 Å². The van der Waals surface area contributed by atoms with E-state index in [0.29, 0.717) is 12.0 Å². The van der Waals surface area contributed by atoms with Gasteiger partial charge in [0.05, 0.1) is 12.7 Å². The molecular weight excluding hydrogens is 652 g/mol. The first-order valence-corrected chi connectivity index (χ1v) is 17.6. The highest BCUT2D eigenvalue weighted by Crippen LogP contribution is 2.73. The van der Waals surface area contributed by atoms with E-state index in [1.807, 2.05) is 26.8 Å². The normalized spacial score (nSPS) is 42.9. The molecule has 1 heterocycles. The van der Waals surface area contributed by atoms with Crippen molar-refractivity contribution in [3.05, 3.63) is 23.0 Å². The van der Waals surface area contributed by atoms with E-state index in [1.165, 1.54) is 13.8 Å². The fraction of sp³-hybridized carbons (Fsp3) is 0.784. The maximum absolute atomic E-state index is 14.6. The molecule has 50 heavy (non-hydrogen) atoms. The number of carbonyl (C=O) groups is 4. The third-order valence-corrected chi connectivity index (χ3v) is 13.3. The van der Waals surface area contributed by atoms with Gasteiger partial charge in [-0.15, -0.1) is 0 Å². The number of ether oxygens (including phenoxy) is 3. The van der Waals surface area contributed by atoms with Crippen LogP contribution in [0.4, 0.5) is 0 Å². The first-order chi connectivity index (χ1) is 23.0. The molecule has 0 spiro atoms. The molecule has 1 saturated heterocycles. The zero-order valence-electron chi connectivity index (χ0n) is 30.3. The van der Waals surface area contributed by atoms with Gasteiger partial charge in [0.1, 0.15) is 41.4 Å². The van der Waals surface area contributed by atoms with Crippen LogP contribution < -0.4 is 0 Å². The number of aliphatic hydroxyl groups excluding tert-OH is 5. The van der Waals surface area contributed by atoms with Gasteiger partial charge in [0.15, 0.2) is 17.3 Å². The summed E-state index contributed by atoms with van der Waals surface area (Å²) in [6.07, 6.45) is -6.29. The highest BCUT2D eigenvalue weighted by atomic mass is 16.7. The minimum Gasteiger partial charge on any atom is -0.460 e. The fourth-order valence-corrected chi connectivity index (χ4v) is 10.5. The topological polar surface area (TPSA) is 217 Å². The fourth-order valence-electron chi connectivity index (χ4n) is 10.5. The van der Waals surface area contributed by atoms with Crippen molar-refractivity contribution in [3.8, 4) is 0 Å². The molecule has 5 rings (SSSR count). The number of rotatable bonds is 9. The predicted molar refractivity (Wildman–Crippen MR) is 176 cm³/mol. The summed E-state index contributed by atoms with van der Waals surface area (Å²) in [7, 11) is 0. The number of aliphatic hydroxyl groups is 6. The molecule has 0 aromatic carbocycles. The summed E-state index contributed by atoms with van der Waals surface area (Å²) in [6.45, 7) is 12.8. The van der Waals surface area contributed by atoms with E-state index >= 15 is 0 Å². The van der Waals surface area contributed by atoms with Gasteiger partial charge >= 0.3 is 5.97 Å². The summed E-state index contributed by atoms with van der Waals surface area (Å²) in [5, 5.41) is 64.1. The molecule has 5 aliphatic rings. The first kappa shape index (κ1) is 38.7. The molecule has 1 aliphatic heterocycles. The second kappa shape index (κ2) is 12.9. The monoisotopic (exact) mass is 706 g/mol. The van der Waals surface area contributed by atoms with Crippen LogP contribution in [0.15, 0.2) is 23.0 Å². The Morgan fingerprint density at radius 2 is 1.66 bits per heavy atom. The van der Waals surface area contributed by atoms with Crippen LogP contribution in [0, 0.1) is 34.0 Å². The summed E-state index contributed by atoms with van der Waals surface area (Å²) in [6, 6.07) is 0.